The third kappa shape index (κ3) is 2.64. The highest BCUT2D eigenvalue weighted by atomic mass is 79.9. The van der Waals surface area contributed by atoms with Crippen LogP contribution in [0.4, 0.5) is 17.1 Å². The van der Waals surface area contributed by atoms with Crippen LogP contribution >= 0.6 is 15.9 Å². The van der Waals surface area contributed by atoms with Gasteiger partial charge in [0.2, 0.25) is 0 Å². The number of fused-ring (bicyclic) bond motifs is 1. The highest BCUT2D eigenvalue weighted by Gasteiger charge is 2.07. The number of hydrogen-bond donors (Lipinski definition) is 2. The first-order valence-electron chi connectivity index (χ1n) is 6.43. The lowest BCUT2D eigenvalue weighted by atomic mass is 10.1. The summed E-state index contributed by atoms with van der Waals surface area (Å²) in [6, 6.07) is 13.5. The highest BCUT2D eigenvalue weighted by Crippen LogP contribution is 2.33. The molecule has 2 aromatic carbocycles. The lowest BCUT2D eigenvalue weighted by molar-refractivity contribution is 0.412. The number of pyridine rings is 1. The van der Waals surface area contributed by atoms with Gasteiger partial charge in [0.05, 0.1) is 28.5 Å². The van der Waals surface area contributed by atoms with Gasteiger partial charge in [-0.05, 0) is 52.3 Å². The maximum absolute atomic E-state index is 6.22. The Bertz CT molecular complexity index is 805. The fraction of sp³-hybridized carbons (Fsp3) is 0.0625. The molecule has 0 radical (unpaired) electrons. The number of nitrogens with two attached hydrogens (primary N) is 1. The van der Waals surface area contributed by atoms with Crippen LogP contribution in [0.15, 0.2) is 53.1 Å². The van der Waals surface area contributed by atoms with Gasteiger partial charge in [-0.15, -0.1) is 0 Å². The summed E-state index contributed by atoms with van der Waals surface area (Å²) in [6.07, 6.45) is 1.76. The van der Waals surface area contributed by atoms with Crippen molar-refractivity contribution in [2.24, 2.45) is 0 Å². The average Bonchev–Trinajstić information content (AvgIpc) is 2.52. The number of nitrogens with one attached hydrogen (secondary N) is 1. The molecule has 0 bridgehead atoms. The van der Waals surface area contributed by atoms with Crippen molar-refractivity contribution in [1.29, 1.82) is 0 Å². The van der Waals surface area contributed by atoms with Crippen LogP contribution in [0.2, 0.25) is 0 Å². The minimum atomic E-state index is 0.683. The van der Waals surface area contributed by atoms with Gasteiger partial charge in [0.15, 0.2) is 0 Å². The van der Waals surface area contributed by atoms with Crippen LogP contribution in [0.5, 0.6) is 5.75 Å². The lowest BCUT2D eigenvalue weighted by Crippen LogP contribution is -1.98. The van der Waals surface area contributed by atoms with Crippen LogP contribution in [0.25, 0.3) is 10.9 Å². The Kier molecular flexibility index (Phi) is 3.66. The van der Waals surface area contributed by atoms with Gasteiger partial charge < -0.3 is 15.8 Å². The van der Waals surface area contributed by atoms with E-state index >= 15 is 0 Å². The van der Waals surface area contributed by atoms with E-state index in [1.807, 2.05) is 42.5 Å². The third-order valence-electron chi connectivity index (χ3n) is 3.26. The Morgan fingerprint density at radius 1 is 1.19 bits per heavy atom. The summed E-state index contributed by atoms with van der Waals surface area (Å²) in [7, 11) is 1.64. The average molecular weight is 344 g/mol. The fourth-order valence-electron chi connectivity index (χ4n) is 2.18. The van der Waals surface area contributed by atoms with E-state index in [1.54, 1.807) is 13.3 Å². The molecule has 0 atom stereocenters. The molecule has 21 heavy (non-hydrogen) atoms. The molecule has 0 spiro atoms. The van der Waals surface area contributed by atoms with E-state index in [0.29, 0.717) is 5.69 Å². The molecule has 0 unspecified atom stereocenters. The molecule has 0 amide bonds. The summed E-state index contributed by atoms with van der Waals surface area (Å²) in [5, 5.41) is 4.25. The maximum Gasteiger partial charge on any atom is 0.135 e. The molecule has 1 aromatic heterocycles. The Hall–Kier alpha value is -2.27. The molecule has 0 aliphatic heterocycles. The SMILES string of the molecule is COc1cc(Nc2ccc3ncccc3c2N)ccc1Br. The number of ether oxygens (including phenoxy) is 1. The molecule has 0 aliphatic rings. The van der Waals surface area contributed by atoms with E-state index in [9.17, 15) is 0 Å². The number of aromatic nitrogens is 1. The van der Waals surface area contributed by atoms with Crippen molar-refractivity contribution in [2.45, 2.75) is 0 Å². The predicted octanol–water partition coefficient (Wildman–Crippen LogP) is 4.33. The van der Waals surface area contributed by atoms with Crippen molar-refractivity contribution in [3.63, 3.8) is 0 Å². The Labute approximate surface area is 131 Å². The van der Waals surface area contributed by atoms with E-state index in [4.69, 9.17) is 10.5 Å². The predicted molar refractivity (Wildman–Crippen MR) is 90.1 cm³/mol. The van der Waals surface area contributed by atoms with E-state index in [0.717, 1.165) is 32.5 Å². The van der Waals surface area contributed by atoms with Crippen LogP contribution in [0, 0.1) is 0 Å². The van der Waals surface area contributed by atoms with Crippen molar-refractivity contribution in [1.82, 2.24) is 4.98 Å². The third-order valence-corrected chi connectivity index (χ3v) is 3.91. The largest absolute Gasteiger partial charge is 0.495 e. The molecule has 3 aromatic rings. The number of nitrogen functional groups attached to an aromatic ring is 1. The van der Waals surface area contributed by atoms with Crippen molar-refractivity contribution in [3.8, 4) is 5.75 Å². The van der Waals surface area contributed by atoms with Crippen LogP contribution in [-0.2, 0) is 0 Å². The zero-order valence-electron chi connectivity index (χ0n) is 11.4. The van der Waals surface area contributed by atoms with Gasteiger partial charge in [-0.3, -0.25) is 4.98 Å². The van der Waals surface area contributed by atoms with E-state index in [2.05, 4.69) is 26.2 Å². The molecule has 0 aliphatic carbocycles. The van der Waals surface area contributed by atoms with Crippen LogP contribution in [-0.4, -0.2) is 12.1 Å². The number of methoxy groups -OCH3 is 1. The second-order valence-corrected chi connectivity index (χ2v) is 5.43. The molecular formula is C16H14BrN3O. The molecule has 0 fully saturated rings. The monoisotopic (exact) mass is 343 g/mol. The number of nitrogens with zero attached hydrogens (tertiary/aromatic N) is 1. The minimum absolute atomic E-state index is 0.683. The first-order chi connectivity index (χ1) is 10.2. The molecule has 5 heteroatoms. The molecular weight excluding hydrogens is 330 g/mol. The lowest BCUT2D eigenvalue weighted by Gasteiger charge is -2.13. The number of hydrogen-bond acceptors (Lipinski definition) is 4. The highest BCUT2D eigenvalue weighted by molar-refractivity contribution is 9.10. The summed E-state index contributed by atoms with van der Waals surface area (Å²) < 4.78 is 6.20. The molecule has 0 saturated heterocycles. The van der Waals surface area contributed by atoms with Crippen molar-refractivity contribution < 1.29 is 4.74 Å². The smallest absolute Gasteiger partial charge is 0.135 e. The van der Waals surface area contributed by atoms with Crippen LogP contribution in [0.3, 0.4) is 0 Å². The zero-order valence-corrected chi connectivity index (χ0v) is 13.0. The Balaban J connectivity index is 2.00. The van der Waals surface area contributed by atoms with Gasteiger partial charge >= 0.3 is 0 Å². The topological polar surface area (TPSA) is 60.2 Å². The van der Waals surface area contributed by atoms with Gasteiger partial charge in [0.1, 0.15) is 5.75 Å². The molecule has 0 saturated carbocycles. The number of halogens is 1. The molecule has 3 rings (SSSR count). The van der Waals surface area contributed by atoms with Crippen LogP contribution < -0.4 is 15.8 Å². The second kappa shape index (κ2) is 5.61. The summed E-state index contributed by atoms with van der Waals surface area (Å²) in [5.41, 5.74) is 9.54. The summed E-state index contributed by atoms with van der Waals surface area (Å²) in [5.74, 6) is 0.765. The van der Waals surface area contributed by atoms with Crippen molar-refractivity contribution in [2.75, 3.05) is 18.2 Å². The molecule has 3 N–H and O–H groups in total. The number of anilines is 3. The minimum Gasteiger partial charge on any atom is -0.495 e. The fourth-order valence-corrected chi connectivity index (χ4v) is 2.59. The van der Waals surface area contributed by atoms with E-state index < -0.39 is 0 Å². The van der Waals surface area contributed by atoms with Crippen molar-refractivity contribution in [3.05, 3.63) is 53.1 Å². The Morgan fingerprint density at radius 2 is 2.05 bits per heavy atom. The second-order valence-electron chi connectivity index (χ2n) is 4.57. The normalized spacial score (nSPS) is 10.6. The van der Waals surface area contributed by atoms with Crippen molar-refractivity contribution >= 4 is 43.9 Å². The molecule has 1 heterocycles. The molecule has 106 valence electrons. The van der Waals surface area contributed by atoms with Gasteiger partial charge in [0, 0.05) is 23.3 Å². The summed E-state index contributed by atoms with van der Waals surface area (Å²) in [6.45, 7) is 0. The van der Waals surface area contributed by atoms with Crippen LogP contribution in [0.1, 0.15) is 0 Å². The first kappa shape index (κ1) is 13.7. The van der Waals surface area contributed by atoms with Gasteiger partial charge in [-0.2, -0.15) is 0 Å². The quantitative estimate of drug-likeness (QED) is 0.694. The zero-order chi connectivity index (χ0) is 14.8. The number of rotatable bonds is 3. The van der Waals surface area contributed by atoms with E-state index in [-0.39, 0.29) is 0 Å². The van der Waals surface area contributed by atoms with Gasteiger partial charge in [-0.1, -0.05) is 0 Å². The van der Waals surface area contributed by atoms with Gasteiger partial charge in [0.25, 0.3) is 0 Å². The summed E-state index contributed by atoms with van der Waals surface area (Å²) in [4.78, 5) is 4.30. The standard InChI is InChI=1S/C16H14BrN3O/c1-21-15-9-10(4-5-12(15)17)20-14-7-6-13-11(16(14)18)3-2-8-19-13/h2-9,20H,18H2,1H3. The Morgan fingerprint density at radius 3 is 2.86 bits per heavy atom. The molecule has 4 nitrogen and oxygen atoms in total. The summed E-state index contributed by atoms with van der Waals surface area (Å²) >= 11 is 3.44. The van der Waals surface area contributed by atoms with E-state index in [1.165, 1.54) is 0 Å². The van der Waals surface area contributed by atoms with Gasteiger partial charge in [-0.25, -0.2) is 0 Å². The number of benzene rings is 2. The first-order valence-corrected chi connectivity index (χ1v) is 7.22. The maximum atomic E-state index is 6.22.